The van der Waals surface area contributed by atoms with Gasteiger partial charge in [-0.05, 0) is 25.8 Å². The summed E-state index contributed by atoms with van der Waals surface area (Å²) in [5.74, 6) is -9.13. The molecule has 1 aromatic carbocycles. The number of ketones is 1. The Balaban J connectivity index is 2.55. The maximum Gasteiger partial charge on any atom is 0.198 e. The van der Waals surface area contributed by atoms with Gasteiger partial charge in [-0.15, -0.1) is 0 Å². The van der Waals surface area contributed by atoms with Crippen molar-refractivity contribution in [2.45, 2.75) is 25.8 Å². The minimum atomic E-state index is -2.06. The molecule has 1 N–H and O–H groups in total. The maximum atomic E-state index is 13.6. The van der Waals surface area contributed by atoms with Gasteiger partial charge in [-0.1, -0.05) is 0 Å². The second-order valence-electron chi connectivity index (χ2n) is 4.68. The van der Waals surface area contributed by atoms with E-state index in [4.69, 9.17) is 0 Å². The van der Waals surface area contributed by atoms with E-state index in [2.05, 4.69) is 4.99 Å². The Labute approximate surface area is 117 Å². The van der Waals surface area contributed by atoms with E-state index in [-0.39, 0.29) is 12.1 Å². The summed E-state index contributed by atoms with van der Waals surface area (Å²) in [6.07, 6.45) is 2.70. The van der Waals surface area contributed by atoms with Crippen molar-refractivity contribution in [3.63, 3.8) is 0 Å². The van der Waals surface area contributed by atoms with Crippen LogP contribution in [0.15, 0.2) is 16.6 Å². The van der Waals surface area contributed by atoms with Crippen LogP contribution in [0, 0.1) is 23.3 Å². The monoisotopic (exact) mass is 301 g/mol. The summed E-state index contributed by atoms with van der Waals surface area (Å²) in [6, 6.07) is 0.315. The molecule has 0 aliphatic heterocycles. The van der Waals surface area contributed by atoms with Crippen LogP contribution in [-0.4, -0.2) is 23.1 Å². The molecule has 0 amide bonds. The first-order valence-electron chi connectivity index (χ1n) is 6.13. The fourth-order valence-corrected chi connectivity index (χ4v) is 1.61. The van der Waals surface area contributed by atoms with Gasteiger partial charge in [-0.3, -0.25) is 9.79 Å². The molecule has 7 heteroatoms. The van der Waals surface area contributed by atoms with E-state index in [0.717, 1.165) is 26.0 Å². The summed E-state index contributed by atoms with van der Waals surface area (Å²) >= 11 is 0. The molecule has 0 saturated heterocycles. The Morgan fingerprint density at radius 2 is 1.86 bits per heavy atom. The first-order chi connectivity index (χ1) is 9.82. The Hall–Kier alpha value is -2.18. The number of halogens is 4. The van der Waals surface area contributed by atoms with E-state index in [0.29, 0.717) is 0 Å². The molecular formula is C14H11F4NO2. The number of carbonyl (C=O) groups is 1. The van der Waals surface area contributed by atoms with E-state index in [1.165, 1.54) is 0 Å². The van der Waals surface area contributed by atoms with Crippen molar-refractivity contribution >= 4 is 17.8 Å². The Morgan fingerprint density at radius 1 is 1.24 bits per heavy atom. The highest BCUT2D eigenvalue weighted by Crippen LogP contribution is 2.26. The van der Waals surface area contributed by atoms with Crippen molar-refractivity contribution in [1.82, 2.24) is 0 Å². The first kappa shape index (κ1) is 15.2. The van der Waals surface area contributed by atoms with E-state index >= 15 is 0 Å². The number of rotatable bonds is 4. The van der Waals surface area contributed by atoms with Crippen molar-refractivity contribution in [3.8, 4) is 0 Å². The van der Waals surface area contributed by atoms with E-state index < -0.39 is 45.9 Å². The molecule has 2 rings (SSSR count). The second kappa shape index (κ2) is 5.67. The fraction of sp³-hybridized carbons (Fsp3) is 0.286. The van der Waals surface area contributed by atoms with Gasteiger partial charge in [0, 0.05) is 6.21 Å². The molecule has 1 fully saturated rings. The lowest BCUT2D eigenvalue weighted by Crippen LogP contribution is -2.07. The zero-order chi connectivity index (χ0) is 15.7. The summed E-state index contributed by atoms with van der Waals surface area (Å²) in [6.45, 7) is 1.08. The zero-order valence-electron chi connectivity index (χ0n) is 11.0. The molecule has 0 aromatic heterocycles. The van der Waals surface area contributed by atoms with Crippen LogP contribution in [0.25, 0.3) is 5.76 Å². The normalized spacial score (nSPS) is 16.2. The van der Waals surface area contributed by atoms with Crippen LogP contribution in [-0.2, 0) is 4.79 Å². The molecule has 3 nitrogen and oxygen atoms in total. The molecule has 0 radical (unpaired) electrons. The van der Waals surface area contributed by atoms with Crippen molar-refractivity contribution < 1.29 is 27.5 Å². The highest BCUT2D eigenvalue weighted by molar-refractivity contribution is 6.17. The van der Waals surface area contributed by atoms with Crippen molar-refractivity contribution in [1.29, 1.82) is 0 Å². The summed E-state index contributed by atoms with van der Waals surface area (Å²) in [5, 5.41) is 9.88. The average molecular weight is 301 g/mol. The number of benzene rings is 1. The third-order valence-electron chi connectivity index (χ3n) is 2.95. The number of nitrogens with zero attached hydrogens (tertiary/aromatic N) is 1. The number of hydrogen-bond donors (Lipinski definition) is 1. The van der Waals surface area contributed by atoms with Crippen LogP contribution in [0.1, 0.15) is 25.3 Å². The van der Waals surface area contributed by atoms with Crippen LogP contribution in [0.2, 0.25) is 0 Å². The molecule has 112 valence electrons. The van der Waals surface area contributed by atoms with Gasteiger partial charge in [0.05, 0.1) is 17.2 Å². The molecule has 1 aliphatic carbocycles. The van der Waals surface area contributed by atoms with Gasteiger partial charge in [-0.2, -0.15) is 0 Å². The number of hydrogen-bond acceptors (Lipinski definition) is 3. The molecule has 0 spiro atoms. The van der Waals surface area contributed by atoms with Crippen LogP contribution in [0.4, 0.5) is 17.6 Å². The van der Waals surface area contributed by atoms with Gasteiger partial charge in [-0.25, -0.2) is 17.6 Å². The quantitative estimate of drug-likeness (QED) is 0.231. The molecule has 0 atom stereocenters. The van der Waals surface area contributed by atoms with Gasteiger partial charge >= 0.3 is 0 Å². The molecule has 1 aromatic rings. The molecular weight excluding hydrogens is 290 g/mol. The van der Waals surface area contributed by atoms with Crippen LogP contribution < -0.4 is 0 Å². The maximum absolute atomic E-state index is 13.6. The summed E-state index contributed by atoms with van der Waals surface area (Å²) in [7, 11) is 0. The van der Waals surface area contributed by atoms with Gasteiger partial charge in [0.25, 0.3) is 0 Å². The molecule has 1 saturated carbocycles. The number of allylic oxidation sites excluding steroid dienone is 1. The lowest BCUT2D eigenvalue weighted by Gasteiger charge is -2.07. The number of aliphatic hydroxyl groups excluding tert-OH is 1. The van der Waals surface area contributed by atoms with Crippen LogP contribution in [0.3, 0.4) is 0 Å². The lowest BCUT2D eigenvalue weighted by atomic mass is 10.1. The minimum absolute atomic E-state index is 0.0266. The standard InChI is InChI=1S/C14H11F4NO2/c1-6(20)9(5-19-7-2-3-7)14(21)8-4-10(15)12(17)13(18)11(8)16/h4-5,7,21H,2-3H2,1H3/b14-9-,19-5?. The predicted molar refractivity (Wildman–Crippen MR) is 68.0 cm³/mol. The molecule has 0 unspecified atom stereocenters. The van der Waals surface area contributed by atoms with Crippen LogP contribution >= 0.6 is 0 Å². The second-order valence-corrected chi connectivity index (χ2v) is 4.68. The molecule has 0 heterocycles. The zero-order valence-corrected chi connectivity index (χ0v) is 11.0. The van der Waals surface area contributed by atoms with Gasteiger partial charge in [0.2, 0.25) is 0 Å². The number of carbonyl (C=O) groups excluding carboxylic acids is 1. The molecule has 21 heavy (non-hydrogen) atoms. The number of aliphatic hydroxyl groups is 1. The summed E-state index contributed by atoms with van der Waals surface area (Å²) in [4.78, 5) is 15.4. The number of aliphatic imine (C=N–C) groups is 1. The molecule has 0 bridgehead atoms. The lowest BCUT2D eigenvalue weighted by molar-refractivity contribution is -0.113. The smallest absolute Gasteiger partial charge is 0.198 e. The third kappa shape index (κ3) is 3.12. The largest absolute Gasteiger partial charge is 0.506 e. The predicted octanol–water partition coefficient (Wildman–Crippen LogP) is 3.33. The average Bonchev–Trinajstić information content (AvgIpc) is 3.24. The third-order valence-corrected chi connectivity index (χ3v) is 2.95. The topological polar surface area (TPSA) is 49.7 Å². The van der Waals surface area contributed by atoms with Crippen molar-refractivity contribution in [2.75, 3.05) is 0 Å². The van der Waals surface area contributed by atoms with E-state index in [1.54, 1.807) is 0 Å². The highest BCUT2D eigenvalue weighted by Gasteiger charge is 2.24. The summed E-state index contributed by atoms with van der Waals surface area (Å²) < 4.78 is 52.8. The SMILES string of the molecule is CC(=O)/C(C=NC1CC1)=C(\O)c1cc(F)c(F)c(F)c1F. The van der Waals surface area contributed by atoms with Gasteiger partial charge < -0.3 is 5.11 Å². The fourth-order valence-electron chi connectivity index (χ4n) is 1.61. The summed E-state index contributed by atoms with van der Waals surface area (Å²) in [5.41, 5.74) is -1.33. The van der Waals surface area contributed by atoms with E-state index in [9.17, 15) is 27.5 Å². The van der Waals surface area contributed by atoms with E-state index in [1.807, 2.05) is 0 Å². The first-order valence-corrected chi connectivity index (χ1v) is 6.13. The van der Waals surface area contributed by atoms with Crippen molar-refractivity contribution in [3.05, 3.63) is 40.5 Å². The minimum Gasteiger partial charge on any atom is -0.506 e. The van der Waals surface area contributed by atoms with Crippen LogP contribution in [0.5, 0.6) is 0 Å². The Morgan fingerprint density at radius 3 is 2.38 bits per heavy atom. The Bertz CT molecular complexity index is 663. The van der Waals surface area contributed by atoms with Gasteiger partial charge in [0.1, 0.15) is 5.76 Å². The number of Topliss-reactive ketones (excluding diaryl/α,β-unsaturated/α-hetero) is 1. The van der Waals surface area contributed by atoms with Crippen molar-refractivity contribution in [2.24, 2.45) is 4.99 Å². The molecule has 1 aliphatic rings. The highest BCUT2D eigenvalue weighted by atomic mass is 19.2. The Kier molecular flexibility index (Phi) is 4.11. The van der Waals surface area contributed by atoms with Gasteiger partial charge in [0.15, 0.2) is 29.1 Å².